The number of ether oxygens (including phenoxy) is 3. The maximum absolute atomic E-state index is 11.8. The topological polar surface area (TPSA) is 56.4 Å². The second kappa shape index (κ2) is 7.89. The van der Waals surface area contributed by atoms with Gasteiger partial charge in [0.15, 0.2) is 0 Å². The van der Waals surface area contributed by atoms with Crippen molar-refractivity contribution in [3.05, 3.63) is 36.7 Å². The molecule has 0 amide bonds. The summed E-state index contributed by atoms with van der Waals surface area (Å²) >= 11 is 0. The number of aromatic amines is 1. The third-order valence-electron chi connectivity index (χ3n) is 3.46. The average Bonchev–Trinajstić information content (AvgIpc) is 2.95. The minimum absolute atomic E-state index is 0.125. The van der Waals surface area contributed by atoms with Gasteiger partial charge in [-0.2, -0.15) is 0 Å². The summed E-state index contributed by atoms with van der Waals surface area (Å²) < 4.78 is 27.8. The first-order valence-electron chi connectivity index (χ1n) is 7.58. The number of H-pyrrole nitrogens is 1. The number of benzene rings is 1. The molecule has 0 aliphatic rings. The Kier molecular flexibility index (Phi) is 5.39. The molecule has 1 N–H and O–H groups in total. The first-order chi connectivity index (χ1) is 11.4. The van der Waals surface area contributed by atoms with Crippen LogP contribution in [0.2, 0.25) is 0 Å². The largest absolute Gasteiger partial charge is 0.491 e. The van der Waals surface area contributed by atoms with Crippen LogP contribution in [0.25, 0.3) is 21.8 Å². The molecule has 0 saturated carbocycles. The molecule has 0 saturated heterocycles. The van der Waals surface area contributed by atoms with Gasteiger partial charge in [0.05, 0.1) is 31.9 Å². The number of hydrogen-bond acceptors (Lipinski definition) is 4. The van der Waals surface area contributed by atoms with Crippen molar-refractivity contribution in [1.82, 2.24) is 9.97 Å². The van der Waals surface area contributed by atoms with Crippen LogP contribution in [-0.2, 0) is 9.47 Å². The maximum Gasteiger partial charge on any atom is 0.121 e. The van der Waals surface area contributed by atoms with Crippen molar-refractivity contribution < 1.29 is 18.6 Å². The van der Waals surface area contributed by atoms with Crippen LogP contribution in [0.3, 0.4) is 0 Å². The monoisotopic (exact) mass is 318 g/mol. The molecule has 2 heterocycles. The summed E-state index contributed by atoms with van der Waals surface area (Å²) in [6.45, 7) is 1.43. The number of hydrogen-bond donors (Lipinski definition) is 1. The fourth-order valence-corrected chi connectivity index (χ4v) is 2.41. The van der Waals surface area contributed by atoms with Crippen LogP contribution >= 0.6 is 0 Å². The van der Waals surface area contributed by atoms with Crippen molar-refractivity contribution in [3.8, 4) is 5.75 Å². The highest BCUT2D eigenvalue weighted by atomic mass is 19.1. The molecule has 0 atom stereocenters. The number of nitrogens with zero attached hydrogens (tertiary/aromatic N) is 1. The van der Waals surface area contributed by atoms with Crippen LogP contribution < -0.4 is 4.74 Å². The van der Waals surface area contributed by atoms with Crippen molar-refractivity contribution in [2.45, 2.75) is 0 Å². The van der Waals surface area contributed by atoms with E-state index in [-0.39, 0.29) is 6.61 Å². The van der Waals surface area contributed by atoms with Crippen LogP contribution in [0.1, 0.15) is 0 Å². The molecule has 0 radical (unpaired) electrons. The standard InChI is InChI=1S/C17H19FN2O3/c18-4-6-21-7-8-22-9-10-23-13-1-2-14-15-12-19-5-3-16(15)20-17(14)11-13/h1-3,5,11-12,20H,4,6-10H2. The average molecular weight is 318 g/mol. The van der Waals surface area contributed by atoms with Crippen LogP contribution in [0.5, 0.6) is 5.75 Å². The molecule has 5 nitrogen and oxygen atoms in total. The van der Waals surface area contributed by atoms with Gasteiger partial charge in [0, 0.05) is 34.7 Å². The van der Waals surface area contributed by atoms with E-state index in [0.717, 1.165) is 27.6 Å². The zero-order valence-corrected chi connectivity index (χ0v) is 12.8. The lowest BCUT2D eigenvalue weighted by atomic mass is 10.2. The molecule has 0 bridgehead atoms. The molecule has 1 aromatic carbocycles. The molecule has 0 unspecified atom stereocenters. The second-order valence-corrected chi connectivity index (χ2v) is 5.02. The Hall–Kier alpha value is -2.18. The number of nitrogens with one attached hydrogen (secondary N) is 1. The SMILES string of the molecule is FCCOCCOCCOc1ccc2c(c1)[nH]c1ccncc12. The molecule has 0 spiro atoms. The first-order valence-corrected chi connectivity index (χ1v) is 7.58. The van der Waals surface area contributed by atoms with Crippen molar-refractivity contribution >= 4 is 21.8 Å². The smallest absolute Gasteiger partial charge is 0.121 e. The predicted molar refractivity (Wildman–Crippen MR) is 86.7 cm³/mol. The molecule has 3 rings (SSSR count). The number of fused-ring (bicyclic) bond motifs is 3. The van der Waals surface area contributed by atoms with Gasteiger partial charge >= 0.3 is 0 Å². The van der Waals surface area contributed by atoms with Gasteiger partial charge in [-0.05, 0) is 18.2 Å². The highest BCUT2D eigenvalue weighted by molar-refractivity contribution is 6.07. The van der Waals surface area contributed by atoms with Crippen molar-refractivity contribution in [2.75, 3.05) is 39.7 Å². The fourth-order valence-electron chi connectivity index (χ4n) is 2.41. The lowest BCUT2D eigenvalue weighted by Crippen LogP contribution is -2.11. The molecular formula is C17H19FN2O3. The quantitative estimate of drug-likeness (QED) is 0.616. The lowest BCUT2D eigenvalue weighted by Gasteiger charge is -2.07. The Balaban J connectivity index is 1.50. The van der Waals surface area contributed by atoms with E-state index >= 15 is 0 Å². The summed E-state index contributed by atoms with van der Waals surface area (Å²) in [5.41, 5.74) is 2.08. The van der Waals surface area contributed by atoms with Gasteiger partial charge in [-0.1, -0.05) is 0 Å². The Morgan fingerprint density at radius 2 is 1.74 bits per heavy atom. The molecule has 0 aliphatic carbocycles. The third-order valence-corrected chi connectivity index (χ3v) is 3.46. The van der Waals surface area contributed by atoms with E-state index in [1.54, 1.807) is 6.20 Å². The van der Waals surface area contributed by atoms with E-state index in [1.807, 2.05) is 30.5 Å². The van der Waals surface area contributed by atoms with Crippen LogP contribution in [0.15, 0.2) is 36.7 Å². The van der Waals surface area contributed by atoms with Gasteiger partial charge in [-0.3, -0.25) is 4.98 Å². The molecule has 23 heavy (non-hydrogen) atoms. The zero-order valence-electron chi connectivity index (χ0n) is 12.8. The molecule has 0 aliphatic heterocycles. The van der Waals surface area contributed by atoms with Crippen LogP contribution in [-0.4, -0.2) is 49.7 Å². The van der Waals surface area contributed by atoms with E-state index in [2.05, 4.69) is 9.97 Å². The molecule has 122 valence electrons. The minimum atomic E-state index is -0.463. The number of rotatable bonds is 9. The molecule has 3 aromatic rings. The van der Waals surface area contributed by atoms with Crippen molar-refractivity contribution in [2.24, 2.45) is 0 Å². The zero-order chi connectivity index (χ0) is 15.9. The lowest BCUT2D eigenvalue weighted by molar-refractivity contribution is 0.0325. The summed E-state index contributed by atoms with van der Waals surface area (Å²) in [5.74, 6) is 0.786. The number of pyridine rings is 1. The van der Waals surface area contributed by atoms with Crippen molar-refractivity contribution in [1.29, 1.82) is 0 Å². The Labute approximate surface area is 133 Å². The normalized spacial score (nSPS) is 11.3. The van der Waals surface area contributed by atoms with E-state index < -0.39 is 6.67 Å². The maximum atomic E-state index is 11.8. The van der Waals surface area contributed by atoms with Gasteiger partial charge in [0.25, 0.3) is 0 Å². The van der Waals surface area contributed by atoms with Crippen molar-refractivity contribution in [3.63, 3.8) is 0 Å². The number of aromatic nitrogens is 2. The van der Waals surface area contributed by atoms with E-state index in [0.29, 0.717) is 26.4 Å². The summed E-state index contributed by atoms with van der Waals surface area (Å²) in [5, 5.41) is 2.23. The van der Waals surface area contributed by atoms with Gasteiger partial charge in [0.1, 0.15) is 19.0 Å². The van der Waals surface area contributed by atoms with Gasteiger partial charge in [-0.15, -0.1) is 0 Å². The predicted octanol–water partition coefficient (Wildman–Crippen LogP) is 3.10. The van der Waals surface area contributed by atoms with Crippen LogP contribution in [0.4, 0.5) is 4.39 Å². The Morgan fingerprint density at radius 1 is 0.913 bits per heavy atom. The highest BCUT2D eigenvalue weighted by Crippen LogP contribution is 2.27. The van der Waals surface area contributed by atoms with Gasteiger partial charge < -0.3 is 19.2 Å². The van der Waals surface area contributed by atoms with E-state index in [4.69, 9.17) is 14.2 Å². The molecule has 2 aromatic heterocycles. The van der Waals surface area contributed by atoms with Gasteiger partial charge in [0.2, 0.25) is 0 Å². The number of alkyl halides is 1. The molecular weight excluding hydrogens is 299 g/mol. The summed E-state index contributed by atoms with van der Waals surface area (Å²) in [6, 6.07) is 7.89. The first kappa shape index (κ1) is 15.7. The van der Waals surface area contributed by atoms with Gasteiger partial charge in [-0.25, -0.2) is 4.39 Å². The second-order valence-electron chi connectivity index (χ2n) is 5.02. The Morgan fingerprint density at radius 3 is 2.61 bits per heavy atom. The Bertz CT molecular complexity index is 760. The highest BCUT2D eigenvalue weighted by Gasteiger charge is 2.05. The summed E-state index contributed by atoms with van der Waals surface area (Å²) in [6.07, 6.45) is 3.62. The molecule has 6 heteroatoms. The summed E-state index contributed by atoms with van der Waals surface area (Å²) in [4.78, 5) is 7.51. The summed E-state index contributed by atoms with van der Waals surface area (Å²) in [7, 11) is 0. The third kappa shape index (κ3) is 3.97. The van der Waals surface area contributed by atoms with E-state index in [9.17, 15) is 4.39 Å². The number of halogens is 1. The molecule has 0 fully saturated rings. The van der Waals surface area contributed by atoms with E-state index in [1.165, 1.54) is 0 Å². The minimum Gasteiger partial charge on any atom is -0.491 e. The fraction of sp³-hybridized carbons (Fsp3) is 0.353. The van der Waals surface area contributed by atoms with Crippen LogP contribution in [0, 0.1) is 0 Å².